The van der Waals surface area contributed by atoms with Crippen molar-refractivity contribution in [1.29, 1.82) is 0 Å². The molecule has 0 aromatic carbocycles. The van der Waals surface area contributed by atoms with E-state index in [-0.39, 0.29) is 24.8 Å². The third-order valence-corrected chi connectivity index (χ3v) is 4.55. The zero-order valence-corrected chi connectivity index (χ0v) is 12.8. The molecule has 0 bridgehead atoms. The average molecular weight is 276 g/mol. The van der Waals surface area contributed by atoms with E-state index in [1.54, 1.807) is 0 Å². The molecule has 1 aliphatic carbocycles. The average Bonchev–Trinajstić information content (AvgIpc) is 2.25. The van der Waals surface area contributed by atoms with E-state index in [2.05, 4.69) is 33.1 Å². The number of nitrogens with one attached hydrogen (secondary N) is 1. The van der Waals surface area contributed by atoms with Crippen LogP contribution in [0.3, 0.4) is 0 Å². The van der Waals surface area contributed by atoms with E-state index in [1.165, 1.54) is 0 Å². The number of nitrogens with two attached hydrogens (primary N) is 1. The van der Waals surface area contributed by atoms with Crippen LogP contribution in [0.4, 0.5) is 8.78 Å². The highest BCUT2D eigenvalue weighted by Crippen LogP contribution is 2.40. The molecule has 0 aromatic rings. The molecule has 0 aliphatic heterocycles. The fourth-order valence-corrected chi connectivity index (χ4v) is 3.87. The number of halogens is 2. The molecule has 19 heavy (non-hydrogen) atoms. The summed E-state index contributed by atoms with van der Waals surface area (Å²) in [5.41, 5.74) is 2.89. The molecule has 4 heteroatoms. The lowest BCUT2D eigenvalue weighted by Crippen LogP contribution is -2.46. The molecule has 2 nitrogen and oxygen atoms in total. The summed E-state index contributed by atoms with van der Waals surface area (Å²) < 4.78 is 27.0. The van der Waals surface area contributed by atoms with Gasteiger partial charge in [0.05, 0.1) is 0 Å². The van der Waals surface area contributed by atoms with Gasteiger partial charge in [-0.2, -0.15) is 0 Å². The maximum absolute atomic E-state index is 13.5. The third-order valence-electron chi connectivity index (χ3n) is 4.55. The molecule has 1 saturated carbocycles. The molecule has 0 radical (unpaired) electrons. The Labute approximate surface area is 116 Å². The minimum absolute atomic E-state index is 0.0358. The van der Waals surface area contributed by atoms with Gasteiger partial charge in [0.15, 0.2) is 0 Å². The number of hydrogen-bond donors (Lipinski definition) is 2. The van der Waals surface area contributed by atoms with Gasteiger partial charge < -0.3 is 0 Å². The van der Waals surface area contributed by atoms with Gasteiger partial charge in [-0.25, -0.2) is 8.78 Å². The Balaban J connectivity index is 2.65. The molecule has 3 N–H and O–H groups in total. The molecule has 0 saturated heterocycles. The second kappa shape index (κ2) is 6.98. The fraction of sp³-hybridized carbons (Fsp3) is 1.00. The zero-order chi connectivity index (χ0) is 14.6. The highest BCUT2D eigenvalue weighted by Gasteiger charge is 2.38. The van der Waals surface area contributed by atoms with Crippen LogP contribution >= 0.6 is 0 Å². The Morgan fingerprint density at radius 2 is 1.79 bits per heavy atom. The van der Waals surface area contributed by atoms with Crippen LogP contribution in [-0.4, -0.2) is 12.0 Å². The van der Waals surface area contributed by atoms with E-state index < -0.39 is 5.92 Å². The number of alkyl halides is 2. The Morgan fingerprint density at radius 3 is 2.21 bits per heavy atom. The van der Waals surface area contributed by atoms with Gasteiger partial charge in [0.2, 0.25) is 5.92 Å². The largest absolute Gasteiger partial charge is 0.271 e. The van der Waals surface area contributed by atoms with Crippen LogP contribution in [0.5, 0.6) is 0 Å². The van der Waals surface area contributed by atoms with Crippen molar-refractivity contribution in [2.45, 2.75) is 71.8 Å². The van der Waals surface area contributed by atoms with Crippen molar-refractivity contribution in [3.63, 3.8) is 0 Å². The van der Waals surface area contributed by atoms with Gasteiger partial charge in [-0.3, -0.25) is 11.3 Å². The number of hydrogen-bond acceptors (Lipinski definition) is 2. The topological polar surface area (TPSA) is 38.0 Å². The lowest BCUT2D eigenvalue weighted by atomic mass is 9.74. The minimum Gasteiger partial charge on any atom is -0.271 e. The predicted molar refractivity (Wildman–Crippen MR) is 75.8 cm³/mol. The molecule has 1 rings (SSSR count). The van der Waals surface area contributed by atoms with Crippen molar-refractivity contribution < 1.29 is 8.78 Å². The van der Waals surface area contributed by atoms with Crippen molar-refractivity contribution in [3.05, 3.63) is 0 Å². The van der Waals surface area contributed by atoms with Crippen molar-refractivity contribution in [1.82, 2.24) is 5.43 Å². The fourth-order valence-electron chi connectivity index (χ4n) is 3.87. The quantitative estimate of drug-likeness (QED) is 0.569. The van der Waals surface area contributed by atoms with E-state index >= 15 is 0 Å². The highest BCUT2D eigenvalue weighted by atomic mass is 19.3. The van der Waals surface area contributed by atoms with Crippen LogP contribution in [0.2, 0.25) is 0 Å². The monoisotopic (exact) mass is 276 g/mol. The van der Waals surface area contributed by atoms with Crippen molar-refractivity contribution in [2.75, 3.05) is 0 Å². The summed E-state index contributed by atoms with van der Waals surface area (Å²) in [5.74, 6) is 4.77. The molecular formula is C15H30F2N2. The van der Waals surface area contributed by atoms with Crippen LogP contribution in [0.25, 0.3) is 0 Å². The normalized spacial score (nSPS) is 25.3. The number of rotatable bonds is 6. The van der Waals surface area contributed by atoms with Crippen molar-refractivity contribution >= 4 is 0 Å². The SMILES string of the molecule is CC(C)C(C(C)C)C(CC1CCCC(F)(F)C1)NN. The van der Waals surface area contributed by atoms with E-state index in [0.29, 0.717) is 24.2 Å². The minimum atomic E-state index is -2.47. The summed E-state index contributed by atoms with van der Waals surface area (Å²) in [5, 5.41) is 0. The maximum atomic E-state index is 13.5. The molecule has 0 amide bonds. The standard InChI is InChI=1S/C15H30F2N2/c1-10(2)14(11(3)4)13(19-18)8-12-6-5-7-15(16,17)9-12/h10-14,19H,5-9,18H2,1-4H3. The number of hydrazine groups is 1. The van der Waals surface area contributed by atoms with Gasteiger partial charge >= 0.3 is 0 Å². The molecule has 114 valence electrons. The second-order valence-electron chi connectivity index (χ2n) is 6.89. The Bertz CT molecular complexity index is 259. The van der Waals surface area contributed by atoms with Gasteiger partial charge in [-0.05, 0) is 42.9 Å². The molecule has 0 spiro atoms. The lowest BCUT2D eigenvalue weighted by Gasteiger charge is -2.37. The van der Waals surface area contributed by atoms with Gasteiger partial charge in [-0.15, -0.1) is 0 Å². The summed E-state index contributed by atoms with van der Waals surface area (Å²) in [6, 6.07) is 0.138. The summed E-state index contributed by atoms with van der Waals surface area (Å²) in [7, 11) is 0. The summed E-state index contributed by atoms with van der Waals surface area (Å²) >= 11 is 0. The Hall–Kier alpha value is -0.220. The first kappa shape index (κ1) is 16.8. The zero-order valence-electron chi connectivity index (χ0n) is 12.8. The van der Waals surface area contributed by atoms with Gasteiger partial charge in [-0.1, -0.05) is 27.7 Å². The van der Waals surface area contributed by atoms with Crippen molar-refractivity contribution in [3.8, 4) is 0 Å². The molecule has 1 aliphatic rings. The summed E-state index contributed by atoms with van der Waals surface area (Å²) in [6.45, 7) is 8.74. The van der Waals surface area contributed by atoms with E-state index in [1.807, 2.05) is 0 Å². The molecule has 0 aromatic heterocycles. The van der Waals surface area contributed by atoms with Crippen LogP contribution in [0.1, 0.15) is 59.8 Å². The Morgan fingerprint density at radius 1 is 1.21 bits per heavy atom. The van der Waals surface area contributed by atoms with E-state index in [4.69, 9.17) is 5.84 Å². The van der Waals surface area contributed by atoms with Crippen LogP contribution < -0.4 is 11.3 Å². The highest BCUT2D eigenvalue weighted by molar-refractivity contribution is 4.86. The Kier molecular flexibility index (Phi) is 6.18. The smallest absolute Gasteiger partial charge is 0.248 e. The lowest BCUT2D eigenvalue weighted by molar-refractivity contribution is -0.0563. The summed E-state index contributed by atoms with van der Waals surface area (Å²) in [6.07, 6.45) is 2.42. The molecule has 2 atom stereocenters. The van der Waals surface area contributed by atoms with Gasteiger partial charge in [0.1, 0.15) is 0 Å². The second-order valence-corrected chi connectivity index (χ2v) is 6.89. The third kappa shape index (κ3) is 4.99. The van der Waals surface area contributed by atoms with Crippen LogP contribution in [-0.2, 0) is 0 Å². The first-order valence-electron chi connectivity index (χ1n) is 7.60. The van der Waals surface area contributed by atoms with Crippen molar-refractivity contribution in [2.24, 2.45) is 29.5 Å². The predicted octanol–water partition coefficient (Wildman–Crippen LogP) is 3.96. The molecule has 2 unspecified atom stereocenters. The van der Waals surface area contributed by atoms with Crippen LogP contribution in [0.15, 0.2) is 0 Å². The van der Waals surface area contributed by atoms with Crippen LogP contribution in [0, 0.1) is 23.7 Å². The first-order chi connectivity index (χ1) is 8.76. The summed E-state index contributed by atoms with van der Waals surface area (Å²) in [4.78, 5) is 0. The van der Waals surface area contributed by atoms with E-state index in [9.17, 15) is 8.78 Å². The maximum Gasteiger partial charge on any atom is 0.248 e. The molecule has 1 fully saturated rings. The van der Waals surface area contributed by atoms with Gasteiger partial charge in [0, 0.05) is 18.9 Å². The molecule has 0 heterocycles. The molecular weight excluding hydrogens is 246 g/mol. The van der Waals surface area contributed by atoms with E-state index in [0.717, 1.165) is 12.8 Å². The first-order valence-corrected chi connectivity index (χ1v) is 7.60. The van der Waals surface area contributed by atoms with Gasteiger partial charge in [0.25, 0.3) is 0 Å².